The van der Waals surface area contributed by atoms with Gasteiger partial charge < -0.3 is 10.5 Å². The molecular weight excluding hydrogens is 300 g/mol. The van der Waals surface area contributed by atoms with Gasteiger partial charge in [-0.2, -0.15) is 0 Å². The molecule has 118 valence electrons. The van der Waals surface area contributed by atoms with Crippen LogP contribution in [0.2, 0.25) is 0 Å². The zero-order valence-corrected chi connectivity index (χ0v) is 12.6. The molecule has 21 heavy (non-hydrogen) atoms. The number of rotatable bonds is 4. The van der Waals surface area contributed by atoms with E-state index in [9.17, 15) is 17.2 Å². The molecule has 0 bridgehead atoms. The predicted molar refractivity (Wildman–Crippen MR) is 75.8 cm³/mol. The summed E-state index contributed by atoms with van der Waals surface area (Å²) in [6.07, 6.45) is 2.76. The molecule has 1 aliphatic carbocycles. The first kappa shape index (κ1) is 16.2. The maximum absolute atomic E-state index is 13.8. The molecule has 0 spiro atoms. The summed E-state index contributed by atoms with van der Waals surface area (Å²) >= 11 is 0. The molecule has 4 nitrogen and oxygen atoms in total. The second-order valence-electron chi connectivity index (χ2n) is 5.45. The second-order valence-corrected chi connectivity index (χ2v) is 7.78. The average molecular weight is 319 g/mol. The highest BCUT2D eigenvalue weighted by atomic mass is 32.2. The highest BCUT2D eigenvalue weighted by molar-refractivity contribution is 7.91. The molecule has 2 unspecified atom stereocenters. The summed E-state index contributed by atoms with van der Waals surface area (Å²) in [6, 6.07) is 2.27. The molecule has 0 aromatic heterocycles. The Morgan fingerprint density at radius 2 is 1.90 bits per heavy atom. The number of hydrogen-bond acceptors (Lipinski definition) is 4. The fourth-order valence-electron chi connectivity index (χ4n) is 2.61. The largest absolute Gasteiger partial charge is 0.484 e. The van der Waals surface area contributed by atoms with Gasteiger partial charge in [0.2, 0.25) is 0 Å². The van der Waals surface area contributed by atoms with Crippen LogP contribution in [-0.2, 0) is 16.4 Å². The minimum absolute atomic E-state index is 0.0354. The van der Waals surface area contributed by atoms with Crippen LogP contribution in [-0.4, -0.2) is 26.0 Å². The number of ether oxygens (including phenoxy) is 1. The van der Waals surface area contributed by atoms with Crippen molar-refractivity contribution < 1.29 is 21.9 Å². The van der Waals surface area contributed by atoms with Crippen molar-refractivity contribution in [2.24, 2.45) is 5.73 Å². The van der Waals surface area contributed by atoms with Gasteiger partial charge in [-0.3, -0.25) is 0 Å². The summed E-state index contributed by atoms with van der Waals surface area (Å²) in [5.41, 5.74) is 5.69. The van der Waals surface area contributed by atoms with E-state index in [4.69, 9.17) is 10.5 Å². The third kappa shape index (κ3) is 3.91. The van der Waals surface area contributed by atoms with E-state index in [-0.39, 0.29) is 13.0 Å². The van der Waals surface area contributed by atoms with Crippen molar-refractivity contribution in [3.63, 3.8) is 0 Å². The van der Waals surface area contributed by atoms with Crippen LogP contribution < -0.4 is 10.5 Å². The second kappa shape index (κ2) is 6.27. The van der Waals surface area contributed by atoms with Gasteiger partial charge in [0.1, 0.15) is 15.9 Å². The molecular formula is C14H19F2NO3S. The maximum atomic E-state index is 13.8. The van der Waals surface area contributed by atoms with Gasteiger partial charge in [0.05, 0.1) is 5.25 Å². The summed E-state index contributed by atoms with van der Waals surface area (Å²) in [5.74, 6) is -2.07. The molecule has 1 aliphatic rings. The fraction of sp³-hybridized carbons (Fsp3) is 0.571. The molecule has 1 saturated carbocycles. The summed E-state index contributed by atoms with van der Waals surface area (Å²) < 4.78 is 56.2. The zero-order chi connectivity index (χ0) is 15.6. The maximum Gasteiger partial charge on any atom is 0.191 e. The van der Waals surface area contributed by atoms with E-state index in [0.29, 0.717) is 24.8 Å². The zero-order valence-electron chi connectivity index (χ0n) is 11.8. The lowest BCUT2D eigenvalue weighted by atomic mass is 9.97. The molecule has 0 saturated heterocycles. The van der Waals surface area contributed by atoms with Crippen LogP contribution in [0.5, 0.6) is 5.75 Å². The number of sulfone groups is 1. The first-order valence-corrected chi connectivity index (χ1v) is 8.80. The fourth-order valence-corrected chi connectivity index (χ4v) is 3.77. The van der Waals surface area contributed by atoms with Crippen LogP contribution in [0.1, 0.15) is 31.2 Å². The Hall–Kier alpha value is -1.21. The monoisotopic (exact) mass is 319 g/mol. The molecule has 2 rings (SSSR count). The standard InChI is InChI=1S/C14H19F2NO3S/c1-21(18,19)11-4-2-3-10(7-11)20-14-12(15)5-9(8-17)6-13(14)16/h5-6,10-11H,2-4,7-8,17H2,1H3. The van der Waals surface area contributed by atoms with Crippen LogP contribution >= 0.6 is 0 Å². The first-order valence-electron chi connectivity index (χ1n) is 6.84. The third-order valence-corrected chi connectivity index (χ3v) is 5.40. The normalized spacial score (nSPS) is 23.0. The van der Waals surface area contributed by atoms with E-state index >= 15 is 0 Å². The van der Waals surface area contributed by atoms with E-state index in [2.05, 4.69) is 0 Å². The van der Waals surface area contributed by atoms with Gasteiger partial charge in [0.25, 0.3) is 0 Å². The minimum atomic E-state index is -3.17. The molecule has 2 N–H and O–H groups in total. The van der Waals surface area contributed by atoms with Crippen molar-refractivity contribution in [3.05, 3.63) is 29.3 Å². The van der Waals surface area contributed by atoms with Gasteiger partial charge in [0.15, 0.2) is 17.4 Å². The van der Waals surface area contributed by atoms with Gasteiger partial charge in [-0.25, -0.2) is 17.2 Å². The molecule has 1 aromatic carbocycles. The number of benzene rings is 1. The van der Waals surface area contributed by atoms with Gasteiger partial charge in [-0.15, -0.1) is 0 Å². The highest BCUT2D eigenvalue weighted by Crippen LogP contribution is 2.30. The molecule has 0 aliphatic heterocycles. The van der Waals surface area contributed by atoms with E-state index in [0.717, 1.165) is 12.1 Å². The van der Waals surface area contributed by atoms with E-state index in [1.807, 2.05) is 0 Å². The SMILES string of the molecule is CS(=O)(=O)C1CCCC(Oc2c(F)cc(CN)cc2F)C1. The highest BCUT2D eigenvalue weighted by Gasteiger charge is 2.31. The summed E-state index contributed by atoms with van der Waals surface area (Å²) in [7, 11) is -3.17. The third-order valence-electron chi connectivity index (χ3n) is 3.76. The number of nitrogens with two attached hydrogens (primary N) is 1. The lowest BCUT2D eigenvalue weighted by Crippen LogP contribution is -2.33. The Balaban J connectivity index is 2.15. The quantitative estimate of drug-likeness (QED) is 0.923. The Morgan fingerprint density at radius 1 is 1.29 bits per heavy atom. The summed E-state index contributed by atoms with van der Waals surface area (Å²) in [5, 5.41) is -0.509. The lowest BCUT2D eigenvalue weighted by molar-refractivity contribution is 0.143. The van der Waals surface area contributed by atoms with Crippen molar-refractivity contribution in [1.82, 2.24) is 0 Å². The van der Waals surface area contributed by atoms with Gasteiger partial charge in [0, 0.05) is 19.2 Å². The first-order chi connectivity index (χ1) is 9.81. The molecule has 0 heterocycles. The predicted octanol–water partition coefficient (Wildman–Crippen LogP) is 2.16. The van der Waals surface area contributed by atoms with Crippen LogP contribution in [0.25, 0.3) is 0 Å². The summed E-state index contributed by atoms with van der Waals surface area (Å²) in [6.45, 7) is 0.0354. The van der Waals surface area contributed by atoms with Crippen molar-refractivity contribution in [2.75, 3.05) is 6.26 Å². The van der Waals surface area contributed by atoms with Gasteiger partial charge >= 0.3 is 0 Å². The molecule has 7 heteroatoms. The molecule has 1 aromatic rings. The lowest BCUT2D eigenvalue weighted by Gasteiger charge is -2.28. The van der Waals surface area contributed by atoms with E-state index in [1.54, 1.807) is 0 Å². The van der Waals surface area contributed by atoms with E-state index in [1.165, 1.54) is 6.26 Å². The van der Waals surface area contributed by atoms with E-state index < -0.39 is 38.6 Å². The minimum Gasteiger partial charge on any atom is -0.484 e. The van der Waals surface area contributed by atoms with Crippen LogP contribution in [0.3, 0.4) is 0 Å². The van der Waals surface area contributed by atoms with Crippen LogP contribution in [0, 0.1) is 11.6 Å². The number of hydrogen-bond donors (Lipinski definition) is 1. The topological polar surface area (TPSA) is 69.4 Å². The summed E-state index contributed by atoms with van der Waals surface area (Å²) in [4.78, 5) is 0. The molecule has 0 radical (unpaired) electrons. The Bertz CT molecular complexity index is 596. The Morgan fingerprint density at radius 3 is 2.43 bits per heavy atom. The van der Waals surface area contributed by atoms with Crippen molar-refractivity contribution in [1.29, 1.82) is 0 Å². The Kier molecular flexibility index (Phi) is 4.83. The van der Waals surface area contributed by atoms with Crippen molar-refractivity contribution >= 4 is 9.84 Å². The molecule has 1 fully saturated rings. The molecule has 2 atom stereocenters. The Labute approximate surface area is 123 Å². The van der Waals surface area contributed by atoms with Crippen molar-refractivity contribution in [3.8, 4) is 5.75 Å². The van der Waals surface area contributed by atoms with Crippen molar-refractivity contribution in [2.45, 2.75) is 43.6 Å². The molecule has 0 amide bonds. The van der Waals surface area contributed by atoms with Gasteiger partial charge in [-0.05, 0) is 37.0 Å². The number of halogens is 2. The smallest absolute Gasteiger partial charge is 0.191 e. The average Bonchev–Trinajstić information content (AvgIpc) is 2.42. The van der Waals surface area contributed by atoms with Crippen LogP contribution in [0.4, 0.5) is 8.78 Å². The van der Waals surface area contributed by atoms with Gasteiger partial charge in [-0.1, -0.05) is 0 Å². The van der Waals surface area contributed by atoms with Crippen LogP contribution in [0.15, 0.2) is 12.1 Å².